The highest BCUT2D eigenvalue weighted by Gasteiger charge is 2.31. The molecule has 3 amide bonds. The fraction of sp³-hybridized carbons (Fsp3) is 0.500. The van der Waals surface area contributed by atoms with Gasteiger partial charge in [0.15, 0.2) is 5.01 Å². The van der Waals surface area contributed by atoms with Crippen molar-refractivity contribution in [2.75, 3.05) is 19.6 Å². The third-order valence-corrected chi connectivity index (χ3v) is 6.62. The van der Waals surface area contributed by atoms with E-state index >= 15 is 0 Å². The molecule has 9 nitrogen and oxygen atoms in total. The average molecular weight is 461 g/mol. The summed E-state index contributed by atoms with van der Waals surface area (Å²) in [7, 11) is 0. The quantitative estimate of drug-likeness (QED) is 0.390. The van der Waals surface area contributed by atoms with Gasteiger partial charge in [0.05, 0.1) is 22.2 Å². The second-order valence-corrected chi connectivity index (χ2v) is 8.97. The van der Waals surface area contributed by atoms with Crippen LogP contribution in [0.5, 0.6) is 0 Å². The zero-order chi connectivity index (χ0) is 23.1. The Morgan fingerprint density at radius 2 is 2.03 bits per heavy atom. The number of unbranched alkanes of at least 4 members (excludes halogenated alkanes) is 1. The Morgan fingerprint density at radius 1 is 1.25 bits per heavy atom. The summed E-state index contributed by atoms with van der Waals surface area (Å²) in [5.74, 6) is -0.897. The number of thiazole rings is 1. The SMILES string of the molecule is CC(=O)N1CCC[C@@H](C(=O)NC(CCCCNC(=O)O)C(=O)c2nc3ccccc3s2)C1. The Bertz CT molecular complexity index is 959. The molecule has 3 rings (SSSR count). The van der Waals surface area contributed by atoms with Crippen molar-refractivity contribution < 1.29 is 24.3 Å². The lowest BCUT2D eigenvalue weighted by Crippen LogP contribution is -2.49. The first kappa shape index (κ1) is 23.6. The van der Waals surface area contributed by atoms with Crippen LogP contribution in [-0.2, 0) is 9.59 Å². The van der Waals surface area contributed by atoms with Gasteiger partial charge in [-0.05, 0) is 44.2 Å². The summed E-state index contributed by atoms with van der Waals surface area (Å²) >= 11 is 1.29. The zero-order valence-electron chi connectivity index (χ0n) is 18.0. The molecule has 0 saturated carbocycles. The van der Waals surface area contributed by atoms with Gasteiger partial charge in [0.1, 0.15) is 0 Å². The molecule has 0 aliphatic carbocycles. The smallest absolute Gasteiger partial charge is 0.404 e. The molecule has 32 heavy (non-hydrogen) atoms. The molecule has 1 aliphatic rings. The first-order valence-corrected chi connectivity index (χ1v) is 11.6. The number of nitrogens with one attached hydrogen (secondary N) is 2. The Morgan fingerprint density at radius 3 is 2.75 bits per heavy atom. The lowest BCUT2D eigenvalue weighted by molar-refractivity contribution is -0.134. The normalized spacial score (nSPS) is 17.0. The zero-order valence-corrected chi connectivity index (χ0v) is 18.8. The van der Waals surface area contributed by atoms with Crippen molar-refractivity contribution in [3.63, 3.8) is 0 Å². The summed E-state index contributed by atoms with van der Waals surface area (Å²) in [5.41, 5.74) is 0.737. The first-order valence-electron chi connectivity index (χ1n) is 10.8. The molecule has 1 aromatic heterocycles. The van der Waals surface area contributed by atoms with Crippen molar-refractivity contribution in [1.82, 2.24) is 20.5 Å². The van der Waals surface area contributed by atoms with Gasteiger partial charge in [-0.3, -0.25) is 14.4 Å². The van der Waals surface area contributed by atoms with Crippen molar-refractivity contribution in [3.05, 3.63) is 29.3 Å². The van der Waals surface area contributed by atoms with E-state index in [1.165, 1.54) is 18.3 Å². The van der Waals surface area contributed by atoms with E-state index in [1.807, 2.05) is 24.3 Å². The van der Waals surface area contributed by atoms with E-state index in [0.717, 1.165) is 16.6 Å². The number of amides is 3. The van der Waals surface area contributed by atoms with Gasteiger partial charge >= 0.3 is 6.09 Å². The second-order valence-electron chi connectivity index (χ2n) is 7.94. The molecule has 1 aliphatic heterocycles. The number of aromatic nitrogens is 1. The number of hydrogen-bond acceptors (Lipinski definition) is 6. The predicted octanol–water partition coefficient (Wildman–Crippen LogP) is 2.66. The van der Waals surface area contributed by atoms with E-state index in [0.29, 0.717) is 43.8 Å². The molecule has 2 atom stereocenters. The van der Waals surface area contributed by atoms with Crippen LogP contribution < -0.4 is 10.6 Å². The maximum Gasteiger partial charge on any atom is 0.404 e. The van der Waals surface area contributed by atoms with Crippen LogP contribution in [0.4, 0.5) is 4.79 Å². The molecule has 1 unspecified atom stereocenters. The van der Waals surface area contributed by atoms with E-state index in [1.54, 1.807) is 4.90 Å². The molecule has 3 N–H and O–H groups in total. The minimum atomic E-state index is -1.09. The maximum atomic E-state index is 13.2. The average Bonchev–Trinajstić information content (AvgIpc) is 3.21. The van der Waals surface area contributed by atoms with Crippen molar-refractivity contribution in [1.29, 1.82) is 0 Å². The first-order chi connectivity index (χ1) is 15.3. The molecule has 1 aromatic carbocycles. The number of carbonyl (C=O) groups excluding carboxylic acids is 3. The van der Waals surface area contributed by atoms with E-state index < -0.39 is 12.1 Å². The Labute approximate surface area is 190 Å². The third-order valence-electron chi connectivity index (χ3n) is 5.57. The van der Waals surface area contributed by atoms with Crippen LogP contribution in [0.2, 0.25) is 0 Å². The molecule has 10 heteroatoms. The Kier molecular flexibility index (Phi) is 8.15. The van der Waals surface area contributed by atoms with E-state index in [-0.39, 0.29) is 30.1 Å². The summed E-state index contributed by atoms with van der Waals surface area (Å²) in [5, 5.41) is 14.2. The van der Waals surface area contributed by atoms with E-state index in [9.17, 15) is 19.2 Å². The van der Waals surface area contributed by atoms with Gasteiger partial charge in [-0.2, -0.15) is 0 Å². The molecule has 0 bridgehead atoms. The number of benzene rings is 1. The van der Waals surface area contributed by atoms with Gasteiger partial charge in [-0.25, -0.2) is 9.78 Å². The number of ketones is 1. The van der Waals surface area contributed by atoms with E-state index in [4.69, 9.17) is 5.11 Å². The minimum absolute atomic E-state index is 0.0597. The number of fused-ring (bicyclic) bond motifs is 1. The molecule has 1 saturated heterocycles. The standard InChI is InChI=1S/C22H28N4O5S/c1-14(27)26-12-6-7-15(13-26)20(29)24-17(9-4-5-11-23-22(30)31)19(28)21-25-16-8-2-3-10-18(16)32-21/h2-3,8,10,15,17,23H,4-7,9,11-13H2,1H3,(H,24,29)(H,30,31)/t15-,17?/m1/s1. The summed E-state index contributed by atoms with van der Waals surface area (Å²) in [6, 6.07) is 6.72. The molecule has 2 heterocycles. The number of rotatable bonds is 9. The van der Waals surface area contributed by atoms with Gasteiger partial charge in [0, 0.05) is 26.6 Å². The number of Topliss-reactive ketones (excluding diaryl/α,β-unsaturated/α-hetero) is 1. The minimum Gasteiger partial charge on any atom is -0.465 e. The molecule has 0 spiro atoms. The number of carboxylic acid groups (broad SMARTS) is 1. The molecule has 2 aromatic rings. The monoisotopic (exact) mass is 460 g/mol. The van der Waals surface area contributed by atoms with Crippen molar-refractivity contribution in [2.45, 2.75) is 45.1 Å². The van der Waals surface area contributed by atoms with Crippen molar-refractivity contribution in [3.8, 4) is 0 Å². The third kappa shape index (κ3) is 6.25. The number of piperidine rings is 1. The lowest BCUT2D eigenvalue weighted by Gasteiger charge is -2.32. The highest BCUT2D eigenvalue weighted by Crippen LogP contribution is 2.24. The predicted molar refractivity (Wildman–Crippen MR) is 121 cm³/mol. The highest BCUT2D eigenvalue weighted by molar-refractivity contribution is 7.20. The van der Waals surface area contributed by atoms with Gasteiger partial charge < -0.3 is 20.6 Å². The topological polar surface area (TPSA) is 129 Å². The van der Waals surface area contributed by atoms with Crippen molar-refractivity contribution in [2.24, 2.45) is 5.92 Å². The molecular weight excluding hydrogens is 432 g/mol. The van der Waals surface area contributed by atoms with Gasteiger partial charge in [0.2, 0.25) is 17.6 Å². The number of nitrogens with zero attached hydrogens (tertiary/aromatic N) is 2. The van der Waals surface area contributed by atoms with E-state index in [2.05, 4.69) is 15.6 Å². The Balaban J connectivity index is 1.69. The maximum absolute atomic E-state index is 13.2. The summed E-state index contributed by atoms with van der Waals surface area (Å²) in [6.07, 6.45) is 1.81. The van der Waals surface area contributed by atoms with Crippen LogP contribution >= 0.6 is 11.3 Å². The molecule has 1 fully saturated rings. The number of para-hydroxylation sites is 1. The molecule has 172 valence electrons. The number of likely N-dealkylation sites (tertiary alicyclic amines) is 1. The Hall–Kier alpha value is -3.01. The van der Waals surface area contributed by atoms with Gasteiger partial charge in [0.25, 0.3) is 0 Å². The van der Waals surface area contributed by atoms with Crippen LogP contribution in [0.15, 0.2) is 24.3 Å². The van der Waals surface area contributed by atoms with Crippen LogP contribution in [-0.4, -0.2) is 64.4 Å². The second kappa shape index (κ2) is 11.0. The summed E-state index contributed by atoms with van der Waals surface area (Å²) < 4.78 is 0.899. The van der Waals surface area contributed by atoms with Crippen LogP contribution in [0.25, 0.3) is 10.2 Å². The van der Waals surface area contributed by atoms with Crippen LogP contribution in [0.3, 0.4) is 0 Å². The van der Waals surface area contributed by atoms with Gasteiger partial charge in [-0.15, -0.1) is 11.3 Å². The van der Waals surface area contributed by atoms with Gasteiger partial charge in [-0.1, -0.05) is 12.1 Å². The summed E-state index contributed by atoms with van der Waals surface area (Å²) in [6.45, 7) is 2.77. The summed E-state index contributed by atoms with van der Waals surface area (Å²) in [4.78, 5) is 54.6. The van der Waals surface area contributed by atoms with Crippen LogP contribution in [0, 0.1) is 5.92 Å². The molecule has 0 radical (unpaired) electrons. The lowest BCUT2D eigenvalue weighted by atomic mass is 9.96. The largest absolute Gasteiger partial charge is 0.465 e. The number of hydrogen-bond donors (Lipinski definition) is 3. The fourth-order valence-electron chi connectivity index (χ4n) is 3.83. The highest BCUT2D eigenvalue weighted by atomic mass is 32.1. The fourth-order valence-corrected chi connectivity index (χ4v) is 4.79. The number of carbonyl (C=O) groups is 4. The molecular formula is C22H28N4O5S. The van der Waals surface area contributed by atoms with Crippen molar-refractivity contribution >= 4 is 45.2 Å². The van der Waals surface area contributed by atoms with Crippen LogP contribution in [0.1, 0.15) is 48.8 Å².